The van der Waals surface area contributed by atoms with E-state index in [1.165, 1.54) is 23.9 Å². The summed E-state index contributed by atoms with van der Waals surface area (Å²) >= 11 is 1.53. The Hall–Kier alpha value is -2.65. The minimum Gasteiger partial charge on any atom is -0.328 e. The number of nitrogens with zero attached hydrogens (tertiary/aromatic N) is 4. The Kier molecular flexibility index (Phi) is 4.86. The molecule has 1 aromatic heterocycles. The van der Waals surface area contributed by atoms with E-state index in [0.29, 0.717) is 22.8 Å². The molecule has 25 heavy (non-hydrogen) atoms. The lowest BCUT2D eigenvalue weighted by Crippen LogP contribution is -2.23. The topological polar surface area (TPSA) is 52.3 Å². The molecule has 0 saturated heterocycles. The first-order valence-corrected chi connectivity index (χ1v) is 8.85. The minimum absolute atomic E-state index is 0.264. The zero-order chi connectivity index (χ0) is 18.0. The van der Waals surface area contributed by atoms with Gasteiger partial charge in [0.05, 0.1) is 17.7 Å². The highest BCUT2D eigenvalue weighted by Crippen LogP contribution is 2.39. The van der Waals surface area contributed by atoms with Crippen molar-refractivity contribution in [1.29, 1.82) is 5.26 Å². The number of fused-ring (bicyclic) bond motifs is 1. The lowest BCUT2D eigenvalue weighted by Gasteiger charge is -2.28. The molecule has 0 atom stereocenters. The summed E-state index contributed by atoms with van der Waals surface area (Å²) in [4.78, 5) is 11.0. The van der Waals surface area contributed by atoms with Crippen LogP contribution in [-0.4, -0.2) is 22.0 Å². The van der Waals surface area contributed by atoms with Gasteiger partial charge in [-0.05, 0) is 30.4 Å². The molecule has 4 nitrogen and oxygen atoms in total. The van der Waals surface area contributed by atoms with Crippen molar-refractivity contribution >= 4 is 29.5 Å². The molecular weight excluding hydrogens is 335 g/mol. The maximum atomic E-state index is 13.1. The summed E-state index contributed by atoms with van der Waals surface area (Å²) in [5.41, 5.74) is 4.40. The second-order valence-electron chi connectivity index (χ2n) is 5.59. The van der Waals surface area contributed by atoms with Crippen LogP contribution in [0.15, 0.2) is 40.9 Å². The van der Waals surface area contributed by atoms with Crippen LogP contribution >= 0.6 is 11.8 Å². The van der Waals surface area contributed by atoms with Crippen molar-refractivity contribution in [2.75, 3.05) is 5.75 Å². The molecule has 3 rings (SSSR count). The number of benzene rings is 1. The van der Waals surface area contributed by atoms with Crippen molar-refractivity contribution in [1.82, 2.24) is 9.88 Å². The molecule has 1 aliphatic rings. The van der Waals surface area contributed by atoms with Crippen LogP contribution in [0, 0.1) is 24.1 Å². The molecule has 0 radical (unpaired) electrons. The van der Waals surface area contributed by atoms with Gasteiger partial charge in [-0.2, -0.15) is 5.26 Å². The molecule has 2 aromatic rings. The summed E-state index contributed by atoms with van der Waals surface area (Å²) in [6, 6.07) is 8.56. The Balaban J connectivity index is 1.99. The highest BCUT2D eigenvalue weighted by Gasteiger charge is 2.25. The third kappa shape index (κ3) is 3.28. The quantitative estimate of drug-likeness (QED) is 0.751. The average molecular weight is 352 g/mol. The molecule has 1 aliphatic heterocycles. The summed E-state index contributed by atoms with van der Waals surface area (Å²) in [6.45, 7) is 8.62. The first-order chi connectivity index (χ1) is 12.0. The van der Waals surface area contributed by atoms with E-state index in [0.717, 1.165) is 28.3 Å². The van der Waals surface area contributed by atoms with Gasteiger partial charge in [0.1, 0.15) is 22.5 Å². The highest BCUT2D eigenvalue weighted by molar-refractivity contribution is 7.99. The Bertz CT molecular complexity index is 897. The van der Waals surface area contributed by atoms with E-state index in [2.05, 4.69) is 22.6 Å². The molecule has 0 spiro atoms. The van der Waals surface area contributed by atoms with E-state index in [9.17, 15) is 9.65 Å². The largest absolute Gasteiger partial charge is 0.328 e. The van der Waals surface area contributed by atoms with Crippen LogP contribution in [0.25, 0.3) is 5.70 Å². The van der Waals surface area contributed by atoms with Crippen LogP contribution in [0.2, 0.25) is 0 Å². The number of aliphatic imine (C=N–C) groups is 1. The van der Waals surface area contributed by atoms with Crippen molar-refractivity contribution in [3.8, 4) is 6.07 Å². The smallest absolute Gasteiger partial charge is 0.123 e. The van der Waals surface area contributed by atoms with Crippen molar-refractivity contribution in [2.24, 2.45) is 4.99 Å². The highest BCUT2D eigenvalue weighted by atomic mass is 32.2. The Morgan fingerprint density at radius 3 is 2.68 bits per heavy atom. The normalized spacial score (nSPS) is 12.9. The maximum Gasteiger partial charge on any atom is 0.123 e. The summed E-state index contributed by atoms with van der Waals surface area (Å²) in [6.07, 6.45) is 1.68. The maximum absolute atomic E-state index is 13.1. The molecule has 0 N–H and O–H groups in total. The Morgan fingerprint density at radius 2 is 2.04 bits per heavy atom. The van der Waals surface area contributed by atoms with Gasteiger partial charge in [-0.1, -0.05) is 25.6 Å². The standard InChI is InChI=1S/C19H17FN4S/c1-4-25-19-16(9-21)18-17(12(2)23-19)13(3)24(11-22-18)10-14-5-7-15(20)8-6-14/h5-8,11H,3-4,10H2,1-2H3. The molecule has 1 aromatic carbocycles. The summed E-state index contributed by atoms with van der Waals surface area (Å²) < 4.78 is 13.1. The molecule has 6 heteroatoms. The lowest BCUT2D eigenvalue weighted by molar-refractivity contribution is 0.585. The minimum atomic E-state index is -0.264. The molecule has 2 heterocycles. The van der Waals surface area contributed by atoms with E-state index < -0.39 is 0 Å². The third-order valence-electron chi connectivity index (χ3n) is 3.94. The predicted molar refractivity (Wildman–Crippen MR) is 99.2 cm³/mol. The number of pyridine rings is 1. The predicted octanol–water partition coefficient (Wildman–Crippen LogP) is 4.66. The number of halogens is 1. The van der Waals surface area contributed by atoms with Gasteiger partial charge in [0, 0.05) is 17.8 Å². The van der Waals surface area contributed by atoms with E-state index in [1.807, 2.05) is 18.7 Å². The molecule has 0 saturated carbocycles. The van der Waals surface area contributed by atoms with E-state index in [4.69, 9.17) is 0 Å². The SMILES string of the molecule is C=C1c2c(C)nc(SCC)c(C#N)c2N=CN1Cc1ccc(F)cc1. The number of hydrogen-bond donors (Lipinski definition) is 0. The van der Waals surface area contributed by atoms with Gasteiger partial charge in [0.2, 0.25) is 0 Å². The number of aromatic nitrogens is 1. The number of rotatable bonds is 4. The van der Waals surface area contributed by atoms with Gasteiger partial charge < -0.3 is 4.90 Å². The fourth-order valence-corrected chi connectivity index (χ4v) is 3.50. The summed E-state index contributed by atoms with van der Waals surface area (Å²) in [5, 5.41) is 10.3. The zero-order valence-electron chi connectivity index (χ0n) is 14.1. The van der Waals surface area contributed by atoms with Crippen molar-refractivity contribution in [3.63, 3.8) is 0 Å². The van der Waals surface area contributed by atoms with Crippen molar-refractivity contribution < 1.29 is 4.39 Å². The van der Waals surface area contributed by atoms with Crippen LogP contribution < -0.4 is 0 Å². The second-order valence-corrected chi connectivity index (χ2v) is 6.84. The number of thioether (sulfide) groups is 1. The molecule has 0 amide bonds. The van der Waals surface area contributed by atoms with Crippen LogP contribution in [0.1, 0.15) is 29.3 Å². The molecule has 0 aliphatic carbocycles. The first-order valence-electron chi connectivity index (χ1n) is 7.87. The van der Waals surface area contributed by atoms with Crippen LogP contribution in [-0.2, 0) is 6.54 Å². The Morgan fingerprint density at radius 1 is 1.32 bits per heavy atom. The summed E-state index contributed by atoms with van der Waals surface area (Å²) in [7, 11) is 0. The molecular formula is C19H17FN4S. The number of nitriles is 1. The van der Waals surface area contributed by atoms with Crippen LogP contribution in [0.5, 0.6) is 0 Å². The first kappa shape index (κ1) is 17.2. The fraction of sp³-hybridized carbons (Fsp3) is 0.211. The van der Waals surface area contributed by atoms with Gasteiger partial charge in [-0.25, -0.2) is 14.4 Å². The second kappa shape index (κ2) is 7.08. The van der Waals surface area contributed by atoms with Gasteiger partial charge in [0.25, 0.3) is 0 Å². The monoisotopic (exact) mass is 352 g/mol. The van der Waals surface area contributed by atoms with Gasteiger partial charge in [0.15, 0.2) is 0 Å². The Labute approximate surface area is 150 Å². The van der Waals surface area contributed by atoms with Gasteiger partial charge in [-0.3, -0.25) is 0 Å². The van der Waals surface area contributed by atoms with E-state index >= 15 is 0 Å². The number of aryl methyl sites for hydroxylation is 1. The average Bonchev–Trinajstić information content (AvgIpc) is 2.59. The summed E-state index contributed by atoms with van der Waals surface area (Å²) in [5.74, 6) is 0.571. The molecule has 0 unspecified atom stereocenters. The molecule has 0 fully saturated rings. The third-order valence-corrected chi connectivity index (χ3v) is 4.80. The van der Waals surface area contributed by atoms with Crippen LogP contribution in [0.3, 0.4) is 0 Å². The fourth-order valence-electron chi connectivity index (χ4n) is 2.74. The van der Waals surface area contributed by atoms with E-state index in [-0.39, 0.29) is 5.82 Å². The molecule has 0 bridgehead atoms. The zero-order valence-corrected chi connectivity index (χ0v) is 14.9. The number of hydrogen-bond acceptors (Lipinski definition) is 5. The van der Waals surface area contributed by atoms with Crippen molar-refractivity contribution in [2.45, 2.75) is 25.4 Å². The van der Waals surface area contributed by atoms with Crippen LogP contribution in [0.4, 0.5) is 10.1 Å². The van der Waals surface area contributed by atoms with Gasteiger partial charge in [-0.15, -0.1) is 11.8 Å². The lowest BCUT2D eigenvalue weighted by atomic mass is 10.0. The van der Waals surface area contributed by atoms with E-state index in [1.54, 1.807) is 18.5 Å². The van der Waals surface area contributed by atoms with Gasteiger partial charge >= 0.3 is 0 Å². The molecule has 126 valence electrons. The van der Waals surface area contributed by atoms with Crippen molar-refractivity contribution in [3.05, 3.63) is 59.0 Å².